The Bertz CT molecular complexity index is 407. The van der Waals surface area contributed by atoms with Crippen LogP contribution in [0.15, 0.2) is 24.3 Å². The van der Waals surface area contributed by atoms with Crippen molar-refractivity contribution < 1.29 is 18.7 Å². The average Bonchev–Trinajstić information content (AvgIpc) is 2.82. The second-order valence-electron chi connectivity index (χ2n) is 4.27. The number of halogens is 1. The van der Waals surface area contributed by atoms with Crippen molar-refractivity contribution in [2.24, 2.45) is 0 Å². The summed E-state index contributed by atoms with van der Waals surface area (Å²) in [7, 11) is 1.34. The van der Waals surface area contributed by atoms with Crippen LogP contribution in [0.25, 0.3) is 0 Å². The number of carbonyl (C=O) groups excluding carboxylic acids is 1. The van der Waals surface area contributed by atoms with Crippen LogP contribution < -0.4 is 10.1 Å². The third-order valence-electron chi connectivity index (χ3n) is 2.89. The van der Waals surface area contributed by atoms with Crippen LogP contribution in [-0.2, 0) is 4.74 Å². The summed E-state index contributed by atoms with van der Waals surface area (Å²) < 4.78 is 23.0. The molecular weight excluding hydrogens is 237 g/mol. The summed E-state index contributed by atoms with van der Waals surface area (Å²) in [6, 6.07) is 6.74. The lowest BCUT2D eigenvalue weighted by Gasteiger charge is -2.12. The van der Waals surface area contributed by atoms with Crippen LogP contribution in [0.3, 0.4) is 0 Å². The Balaban J connectivity index is 1.85. The molecule has 1 aromatic carbocycles. The van der Waals surface area contributed by atoms with Gasteiger partial charge in [-0.25, -0.2) is 9.18 Å². The molecule has 1 aliphatic rings. The molecule has 0 radical (unpaired) electrons. The number of esters is 1. The minimum atomic E-state index is -0.777. The molecule has 0 bridgehead atoms. The zero-order valence-electron chi connectivity index (χ0n) is 10.2. The minimum absolute atomic E-state index is 0.0558. The summed E-state index contributed by atoms with van der Waals surface area (Å²) >= 11 is 0. The second kappa shape index (κ2) is 5.82. The van der Waals surface area contributed by atoms with Gasteiger partial charge in [-0.15, -0.1) is 0 Å². The lowest BCUT2D eigenvalue weighted by Crippen LogP contribution is -2.28. The first-order valence-corrected chi connectivity index (χ1v) is 5.87. The molecule has 2 unspecified atom stereocenters. The Labute approximate surface area is 105 Å². The van der Waals surface area contributed by atoms with Gasteiger partial charge in [0, 0.05) is 12.6 Å². The summed E-state index contributed by atoms with van der Waals surface area (Å²) in [5.74, 6) is 0.283. The van der Waals surface area contributed by atoms with Crippen LogP contribution in [-0.4, -0.2) is 38.4 Å². The van der Waals surface area contributed by atoms with Gasteiger partial charge in [0.1, 0.15) is 18.5 Å². The van der Waals surface area contributed by atoms with Gasteiger partial charge in [-0.1, -0.05) is 0 Å². The molecule has 2 atom stereocenters. The Morgan fingerprint density at radius 1 is 1.44 bits per heavy atom. The normalized spacial score (nSPS) is 22.8. The predicted molar refractivity (Wildman–Crippen MR) is 64.6 cm³/mol. The quantitative estimate of drug-likeness (QED) is 0.827. The number of ether oxygens (including phenoxy) is 2. The summed E-state index contributed by atoms with van der Waals surface area (Å²) in [5, 5.41) is 3.04. The number of hydrogen-bond donors (Lipinski definition) is 1. The van der Waals surface area contributed by atoms with Crippen LogP contribution in [0.2, 0.25) is 0 Å². The number of carbonyl (C=O) groups is 1. The second-order valence-corrected chi connectivity index (χ2v) is 4.27. The van der Waals surface area contributed by atoms with E-state index in [1.54, 1.807) is 24.3 Å². The van der Waals surface area contributed by atoms with Crippen LogP contribution in [0.1, 0.15) is 16.8 Å². The van der Waals surface area contributed by atoms with Gasteiger partial charge < -0.3 is 14.8 Å². The van der Waals surface area contributed by atoms with E-state index in [1.807, 2.05) is 0 Å². The molecule has 2 rings (SSSR count). The predicted octanol–water partition coefficient (Wildman–Crippen LogP) is 1.55. The molecule has 0 saturated carbocycles. The van der Waals surface area contributed by atoms with Crippen molar-refractivity contribution in [3.8, 4) is 5.75 Å². The fourth-order valence-corrected chi connectivity index (χ4v) is 1.90. The Hall–Kier alpha value is -1.62. The molecule has 1 saturated heterocycles. The maximum Gasteiger partial charge on any atom is 0.337 e. The van der Waals surface area contributed by atoms with E-state index in [0.717, 1.165) is 0 Å². The molecule has 0 spiro atoms. The van der Waals surface area contributed by atoms with E-state index >= 15 is 0 Å². The molecule has 18 heavy (non-hydrogen) atoms. The lowest BCUT2D eigenvalue weighted by atomic mass is 10.2. The molecular formula is C13H16FNO3. The van der Waals surface area contributed by atoms with Gasteiger partial charge in [-0.3, -0.25) is 0 Å². The first kappa shape index (κ1) is 12.8. The molecule has 0 aliphatic carbocycles. The SMILES string of the molecule is COC(=O)c1ccc(OCC2CC(F)CN2)cc1. The van der Waals surface area contributed by atoms with Crippen molar-refractivity contribution in [1.82, 2.24) is 5.32 Å². The number of benzene rings is 1. The molecule has 1 fully saturated rings. The van der Waals surface area contributed by atoms with Gasteiger partial charge in [0.25, 0.3) is 0 Å². The molecule has 0 amide bonds. The summed E-state index contributed by atoms with van der Waals surface area (Å²) in [6.07, 6.45) is -0.291. The molecule has 1 heterocycles. The van der Waals surface area contributed by atoms with Crippen molar-refractivity contribution in [2.45, 2.75) is 18.6 Å². The summed E-state index contributed by atoms with van der Waals surface area (Å²) in [4.78, 5) is 11.2. The molecule has 1 aromatic rings. The lowest BCUT2D eigenvalue weighted by molar-refractivity contribution is 0.0600. The fourth-order valence-electron chi connectivity index (χ4n) is 1.90. The highest BCUT2D eigenvalue weighted by molar-refractivity contribution is 5.89. The van der Waals surface area contributed by atoms with Crippen molar-refractivity contribution in [2.75, 3.05) is 20.3 Å². The van der Waals surface area contributed by atoms with Gasteiger partial charge >= 0.3 is 5.97 Å². The Morgan fingerprint density at radius 3 is 2.72 bits per heavy atom. The highest BCUT2D eigenvalue weighted by Gasteiger charge is 2.23. The van der Waals surface area contributed by atoms with E-state index in [2.05, 4.69) is 10.1 Å². The van der Waals surface area contributed by atoms with Crippen molar-refractivity contribution >= 4 is 5.97 Å². The maximum atomic E-state index is 12.9. The van der Waals surface area contributed by atoms with E-state index in [-0.39, 0.29) is 12.0 Å². The van der Waals surface area contributed by atoms with E-state index in [9.17, 15) is 9.18 Å². The first-order chi connectivity index (χ1) is 8.69. The van der Waals surface area contributed by atoms with Crippen LogP contribution in [0.5, 0.6) is 5.75 Å². The van der Waals surface area contributed by atoms with Crippen LogP contribution in [0.4, 0.5) is 4.39 Å². The Kier molecular flexibility index (Phi) is 4.15. The highest BCUT2D eigenvalue weighted by atomic mass is 19.1. The van der Waals surface area contributed by atoms with Gasteiger partial charge in [-0.2, -0.15) is 0 Å². The van der Waals surface area contributed by atoms with Gasteiger partial charge in [-0.05, 0) is 30.7 Å². The fraction of sp³-hybridized carbons (Fsp3) is 0.462. The monoisotopic (exact) mass is 253 g/mol. The van der Waals surface area contributed by atoms with E-state index in [4.69, 9.17) is 4.74 Å². The third-order valence-corrected chi connectivity index (χ3v) is 2.89. The summed E-state index contributed by atoms with van der Waals surface area (Å²) in [5.41, 5.74) is 0.479. The van der Waals surface area contributed by atoms with Crippen LogP contribution >= 0.6 is 0 Å². The summed E-state index contributed by atoms with van der Waals surface area (Å²) in [6.45, 7) is 0.827. The zero-order chi connectivity index (χ0) is 13.0. The van der Waals surface area contributed by atoms with E-state index < -0.39 is 6.17 Å². The van der Waals surface area contributed by atoms with Gasteiger partial charge in [0.05, 0.1) is 12.7 Å². The standard InChI is InChI=1S/C13H16FNO3/c1-17-13(16)9-2-4-12(5-3-9)18-8-11-6-10(14)7-15-11/h2-5,10-11,15H,6-8H2,1H3. The average molecular weight is 253 g/mol. The van der Waals surface area contributed by atoms with Gasteiger partial charge in [0.15, 0.2) is 0 Å². The van der Waals surface area contributed by atoms with E-state index in [1.165, 1.54) is 7.11 Å². The molecule has 98 valence electrons. The third kappa shape index (κ3) is 3.20. The maximum absolute atomic E-state index is 12.9. The number of rotatable bonds is 4. The van der Waals surface area contributed by atoms with Crippen molar-refractivity contribution in [3.63, 3.8) is 0 Å². The topological polar surface area (TPSA) is 47.6 Å². The molecule has 1 aliphatic heterocycles. The molecule has 1 N–H and O–H groups in total. The first-order valence-electron chi connectivity index (χ1n) is 5.87. The van der Waals surface area contributed by atoms with E-state index in [0.29, 0.717) is 30.9 Å². The Morgan fingerprint density at radius 2 is 2.17 bits per heavy atom. The number of hydrogen-bond acceptors (Lipinski definition) is 4. The van der Waals surface area contributed by atoms with Crippen molar-refractivity contribution in [1.29, 1.82) is 0 Å². The largest absolute Gasteiger partial charge is 0.492 e. The smallest absolute Gasteiger partial charge is 0.337 e. The van der Waals surface area contributed by atoms with Gasteiger partial charge in [0.2, 0.25) is 0 Å². The number of methoxy groups -OCH3 is 1. The molecule has 4 nitrogen and oxygen atoms in total. The van der Waals surface area contributed by atoms with Crippen molar-refractivity contribution in [3.05, 3.63) is 29.8 Å². The molecule has 0 aromatic heterocycles. The molecule has 5 heteroatoms. The van der Waals surface area contributed by atoms with Crippen LogP contribution in [0, 0.1) is 0 Å². The minimum Gasteiger partial charge on any atom is -0.492 e. The zero-order valence-corrected chi connectivity index (χ0v) is 10.2. The highest BCUT2D eigenvalue weighted by Crippen LogP contribution is 2.15. The number of alkyl halides is 1. The number of nitrogens with one attached hydrogen (secondary N) is 1.